The molecule has 0 aliphatic rings. The van der Waals surface area contributed by atoms with Crippen molar-refractivity contribution in [2.45, 2.75) is 45.6 Å². The van der Waals surface area contributed by atoms with Crippen LogP contribution in [-0.2, 0) is 17.8 Å². The van der Waals surface area contributed by atoms with Gasteiger partial charge in [0, 0.05) is 34.7 Å². The lowest BCUT2D eigenvalue weighted by molar-refractivity contribution is -0.121. The molecule has 0 radical (unpaired) electrons. The first kappa shape index (κ1) is 19.5. The van der Waals surface area contributed by atoms with Gasteiger partial charge >= 0.3 is 0 Å². The molecular weight excluding hydrogens is 384 g/mol. The molecular formula is C19H21ClN4O2S. The van der Waals surface area contributed by atoms with Gasteiger partial charge in [0.05, 0.1) is 17.2 Å². The van der Waals surface area contributed by atoms with E-state index in [0.29, 0.717) is 48.5 Å². The Morgan fingerprint density at radius 2 is 2.04 bits per heavy atom. The zero-order valence-corrected chi connectivity index (χ0v) is 16.8. The summed E-state index contributed by atoms with van der Waals surface area (Å²) in [6, 6.07) is 7.24. The zero-order chi connectivity index (χ0) is 19.2. The van der Waals surface area contributed by atoms with Crippen molar-refractivity contribution in [3.8, 4) is 11.4 Å². The van der Waals surface area contributed by atoms with E-state index >= 15 is 0 Å². The Kier molecular flexibility index (Phi) is 6.58. The molecule has 27 heavy (non-hydrogen) atoms. The second kappa shape index (κ2) is 9.10. The van der Waals surface area contributed by atoms with Gasteiger partial charge in [-0.2, -0.15) is 4.98 Å². The van der Waals surface area contributed by atoms with Crippen LogP contribution in [0, 0.1) is 0 Å². The van der Waals surface area contributed by atoms with Crippen LogP contribution in [0.4, 0.5) is 0 Å². The summed E-state index contributed by atoms with van der Waals surface area (Å²) in [6.07, 6.45) is 1.60. The Morgan fingerprint density at radius 3 is 2.74 bits per heavy atom. The van der Waals surface area contributed by atoms with Gasteiger partial charge in [0.2, 0.25) is 17.6 Å². The van der Waals surface area contributed by atoms with E-state index in [1.807, 2.05) is 17.5 Å². The van der Waals surface area contributed by atoms with Crippen LogP contribution in [-0.4, -0.2) is 21.0 Å². The minimum absolute atomic E-state index is 0.00784. The van der Waals surface area contributed by atoms with Crippen LogP contribution in [0.3, 0.4) is 0 Å². The van der Waals surface area contributed by atoms with Crippen LogP contribution < -0.4 is 5.32 Å². The number of halogens is 1. The van der Waals surface area contributed by atoms with Gasteiger partial charge in [-0.3, -0.25) is 4.79 Å². The van der Waals surface area contributed by atoms with Crippen LogP contribution >= 0.6 is 22.9 Å². The highest BCUT2D eigenvalue weighted by atomic mass is 35.5. The molecule has 1 amide bonds. The maximum absolute atomic E-state index is 12.0. The molecule has 6 nitrogen and oxygen atoms in total. The van der Waals surface area contributed by atoms with E-state index in [-0.39, 0.29) is 5.91 Å². The number of rotatable bonds is 8. The molecule has 3 rings (SSSR count). The van der Waals surface area contributed by atoms with E-state index < -0.39 is 0 Å². The molecule has 0 spiro atoms. The van der Waals surface area contributed by atoms with E-state index in [1.54, 1.807) is 23.5 Å². The van der Waals surface area contributed by atoms with Gasteiger partial charge in [0.1, 0.15) is 0 Å². The minimum Gasteiger partial charge on any atom is -0.350 e. The fourth-order valence-corrected chi connectivity index (χ4v) is 3.38. The summed E-state index contributed by atoms with van der Waals surface area (Å²) >= 11 is 7.51. The van der Waals surface area contributed by atoms with E-state index in [4.69, 9.17) is 16.1 Å². The maximum Gasteiger partial charge on any atom is 0.226 e. The number of carbonyl (C=O) groups is 1. The first-order chi connectivity index (χ1) is 13.0. The van der Waals surface area contributed by atoms with Crippen LogP contribution in [0.1, 0.15) is 49.2 Å². The smallest absolute Gasteiger partial charge is 0.226 e. The Bertz CT molecular complexity index is 889. The fourth-order valence-electron chi connectivity index (χ4n) is 2.42. The molecule has 0 atom stereocenters. The maximum atomic E-state index is 12.0. The average molecular weight is 405 g/mol. The van der Waals surface area contributed by atoms with Gasteiger partial charge in [-0.25, -0.2) is 4.98 Å². The molecule has 2 heterocycles. The Hall–Kier alpha value is -2.25. The third-order valence-corrected chi connectivity index (χ3v) is 5.34. The lowest BCUT2D eigenvalue weighted by Crippen LogP contribution is -2.22. The van der Waals surface area contributed by atoms with Gasteiger partial charge < -0.3 is 9.84 Å². The topological polar surface area (TPSA) is 80.9 Å². The first-order valence-electron chi connectivity index (χ1n) is 8.81. The number of amides is 1. The predicted molar refractivity (Wildman–Crippen MR) is 106 cm³/mol. The number of aryl methyl sites for hydroxylation is 1. The molecule has 2 aromatic heterocycles. The van der Waals surface area contributed by atoms with Gasteiger partial charge in [-0.05, 0) is 30.7 Å². The summed E-state index contributed by atoms with van der Waals surface area (Å²) in [5.74, 6) is 1.45. The van der Waals surface area contributed by atoms with E-state index in [0.717, 1.165) is 16.3 Å². The van der Waals surface area contributed by atoms with Crippen molar-refractivity contribution in [3.63, 3.8) is 0 Å². The number of hydrogen-bond acceptors (Lipinski definition) is 6. The monoisotopic (exact) mass is 404 g/mol. The van der Waals surface area contributed by atoms with Crippen LogP contribution in [0.25, 0.3) is 11.4 Å². The predicted octanol–water partition coefficient (Wildman–Crippen LogP) is 4.61. The largest absolute Gasteiger partial charge is 0.350 e. The molecule has 0 aliphatic heterocycles. The summed E-state index contributed by atoms with van der Waals surface area (Å²) in [7, 11) is 0. The first-order valence-corrected chi connectivity index (χ1v) is 10.1. The Morgan fingerprint density at radius 1 is 1.26 bits per heavy atom. The van der Waals surface area contributed by atoms with Crippen molar-refractivity contribution < 1.29 is 9.32 Å². The quantitative estimate of drug-likeness (QED) is 0.592. The highest BCUT2D eigenvalue weighted by Crippen LogP contribution is 2.20. The minimum atomic E-state index is -0.00784. The molecule has 0 aliphatic carbocycles. The lowest BCUT2D eigenvalue weighted by Gasteiger charge is -2.02. The summed E-state index contributed by atoms with van der Waals surface area (Å²) in [5, 5.41) is 10.6. The standard InChI is InChI=1S/C19H21ClN4O2S/c1-12(2)19-22-15(11-27-19)10-21-16(25)4-3-5-17-23-18(24-26-17)13-6-8-14(20)9-7-13/h6-9,11-12H,3-5,10H2,1-2H3,(H,21,25). The van der Waals surface area contributed by atoms with E-state index in [9.17, 15) is 4.79 Å². The molecule has 0 saturated heterocycles. The molecule has 0 fully saturated rings. The summed E-state index contributed by atoms with van der Waals surface area (Å²) in [5.41, 5.74) is 1.75. The van der Waals surface area contributed by atoms with Crippen molar-refractivity contribution in [1.82, 2.24) is 20.4 Å². The number of nitrogens with zero attached hydrogens (tertiary/aromatic N) is 3. The fraction of sp³-hybridized carbons (Fsp3) is 0.368. The molecule has 1 N–H and O–H groups in total. The number of carbonyl (C=O) groups excluding carboxylic acids is 1. The molecule has 0 unspecified atom stereocenters. The van der Waals surface area contributed by atoms with Gasteiger partial charge in [0.15, 0.2) is 0 Å². The van der Waals surface area contributed by atoms with Crippen LogP contribution in [0.15, 0.2) is 34.2 Å². The highest BCUT2D eigenvalue weighted by Gasteiger charge is 2.10. The third kappa shape index (κ3) is 5.61. The van der Waals surface area contributed by atoms with Crippen LogP contribution in [0.2, 0.25) is 5.02 Å². The summed E-state index contributed by atoms with van der Waals surface area (Å²) in [6.45, 7) is 4.68. The normalized spacial score (nSPS) is 11.1. The van der Waals surface area contributed by atoms with Crippen molar-refractivity contribution in [1.29, 1.82) is 0 Å². The molecule has 8 heteroatoms. The number of hydrogen-bond donors (Lipinski definition) is 1. The van der Waals surface area contributed by atoms with Gasteiger partial charge in [0.25, 0.3) is 0 Å². The zero-order valence-electron chi connectivity index (χ0n) is 15.2. The average Bonchev–Trinajstić information content (AvgIpc) is 3.30. The third-order valence-electron chi connectivity index (χ3n) is 3.90. The summed E-state index contributed by atoms with van der Waals surface area (Å²) < 4.78 is 5.25. The lowest BCUT2D eigenvalue weighted by atomic mass is 10.2. The Labute approximate surface area is 167 Å². The van der Waals surface area contributed by atoms with Crippen molar-refractivity contribution >= 4 is 28.8 Å². The van der Waals surface area contributed by atoms with E-state index in [2.05, 4.69) is 34.3 Å². The number of thiazole rings is 1. The SMILES string of the molecule is CC(C)c1nc(CNC(=O)CCCc2nc(-c3ccc(Cl)cc3)no2)cs1. The van der Waals surface area contributed by atoms with Gasteiger partial charge in [-0.15, -0.1) is 11.3 Å². The van der Waals surface area contributed by atoms with Gasteiger partial charge in [-0.1, -0.05) is 30.6 Å². The highest BCUT2D eigenvalue weighted by molar-refractivity contribution is 7.09. The molecule has 1 aromatic carbocycles. The second-order valence-electron chi connectivity index (χ2n) is 6.48. The van der Waals surface area contributed by atoms with Crippen molar-refractivity contribution in [2.75, 3.05) is 0 Å². The molecule has 0 saturated carbocycles. The molecule has 3 aromatic rings. The van der Waals surface area contributed by atoms with Crippen molar-refractivity contribution in [2.24, 2.45) is 0 Å². The van der Waals surface area contributed by atoms with Crippen LogP contribution in [0.5, 0.6) is 0 Å². The molecule has 0 bridgehead atoms. The van der Waals surface area contributed by atoms with Crippen molar-refractivity contribution in [3.05, 3.63) is 51.3 Å². The number of aromatic nitrogens is 3. The second-order valence-corrected chi connectivity index (χ2v) is 7.81. The number of benzene rings is 1. The van der Waals surface area contributed by atoms with E-state index in [1.165, 1.54) is 0 Å². The summed E-state index contributed by atoms with van der Waals surface area (Å²) in [4.78, 5) is 20.9. The number of nitrogens with one attached hydrogen (secondary N) is 1. The Balaban J connectivity index is 1.41. The molecule has 142 valence electrons.